The lowest BCUT2D eigenvalue weighted by atomic mass is 9.92. The van der Waals surface area contributed by atoms with Crippen molar-refractivity contribution < 1.29 is 14.7 Å². The highest BCUT2D eigenvalue weighted by Crippen LogP contribution is 2.12. The second-order valence-corrected chi connectivity index (χ2v) is 4.73. The zero-order chi connectivity index (χ0) is 12.8. The summed E-state index contributed by atoms with van der Waals surface area (Å²) in [5, 5.41) is 11.4. The van der Waals surface area contributed by atoms with Crippen LogP contribution in [0.25, 0.3) is 0 Å². The van der Waals surface area contributed by atoms with Crippen LogP contribution in [0, 0.1) is 11.3 Å². The number of carboxylic acid groups (broad SMARTS) is 1. The molecule has 0 saturated heterocycles. The maximum Gasteiger partial charge on any atom is 0.306 e. The van der Waals surface area contributed by atoms with E-state index in [9.17, 15) is 9.59 Å². The fourth-order valence-electron chi connectivity index (χ4n) is 1.07. The van der Waals surface area contributed by atoms with Crippen molar-refractivity contribution in [2.24, 2.45) is 17.1 Å². The Hall–Kier alpha value is -1.10. The van der Waals surface area contributed by atoms with Gasteiger partial charge in [0.1, 0.15) is 0 Å². The van der Waals surface area contributed by atoms with Gasteiger partial charge in [-0.3, -0.25) is 9.59 Å². The molecule has 0 saturated carbocycles. The monoisotopic (exact) mass is 230 g/mol. The van der Waals surface area contributed by atoms with Crippen LogP contribution < -0.4 is 11.1 Å². The maximum atomic E-state index is 11.6. The predicted molar refractivity (Wildman–Crippen MR) is 61.9 cm³/mol. The van der Waals surface area contributed by atoms with E-state index in [2.05, 4.69) is 5.32 Å². The number of amides is 1. The third-order valence-electron chi connectivity index (χ3n) is 2.65. The van der Waals surface area contributed by atoms with Crippen molar-refractivity contribution in [2.75, 3.05) is 13.1 Å². The van der Waals surface area contributed by atoms with Gasteiger partial charge in [0.05, 0.1) is 11.3 Å². The summed E-state index contributed by atoms with van der Waals surface area (Å²) in [6.07, 6.45) is 1.23. The number of nitrogens with one attached hydrogen (secondary N) is 1. The van der Waals surface area contributed by atoms with Crippen LogP contribution in [0.1, 0.15) is 33.6 Å². The van der Waals surface area contributed by atoms with E-state index in [1.807, 2.05) is 0 Å². The molecule has 5 heteroatoms. The standard InChI is InChI=1S/C11H22N2O3/c1-8(9(14)15)5-4-6-13-10(16)11(2,3)7-12/h8H,4-7,12H2,1-3H3,(H,13,16)(H,14,15). The van der Waals surface area contributed by atoms with Gasteiger partial charge in [0.25, 0.3) is 0 Å². The van der Waals surface area contributed by atoms with Crippen LogP contribution in [0.5, 0.6) is 0 Å². The average Bonchev–Trinajstić information content (AvgIpc) is 2.23. The Balaban J connectivity index is 3.76. The Morgan fingerprint density at radius 3 is 2.44 bits per heavy atom. The molecule has 1 amide bonds. The van der Waals surface area contributed by atoms with Crippen molar-refractivity contribution in [3.63, 3.8) is 0 Å². The molecule has 0 bridgehead atoms. The summed E-state index contributed by atoms with van der Waals surface area (Å²) in [7, 11) is 0. The first-order valence-corrected chi connectivity index (χ1v) is 5.52. The fraction of sp³-hybridized carbons (Fsp3) is 0.818. The van der Waals surface area contributed by atoms with Crippen LogP contribution in [0.4, 0.5) is 0 Å². The molecule has 94 valence electrons. The summed E-state index contributed by atoms with van der Waals surface area (Å²) < 4.78 is 0. The van der Waals surface area contributed by atoms with Gasteiger partial charge in [0, 0.05) is 13.1 Å². The summed E-state index contributed by atoms with van der Waals surface area (Å²) in [5.74, 6) is -1.24. The molecule has 0 spiro atoms. The Labute approximate surface area is 96.4 Å². The van der Waals surface area contributed by atoms with Gasteiger partial charge in [-0.05, 0) is 26.7 Å². The summed E-state index contributed by atoms with van der Waals surface area (Å²) in [6.45, 7) is 6.02. The molecular weight excluding hydrogens is 208 g/mol. The number of rotatable bonds is 7. The Kier molecular flexibility index (Phi) is 6.03. The summed E-state index contributed by atoms with van der Waals surface area (Å²) in [5.41, 5.74) is 4.90. The Bertz CT molecular complexity index is 252. The lowest BCUT2D eigenvalue weighted by Gasteiger charge is -2.21. The molecule has 0 radical (unpaired) electrons. The summed E-state index contributed by atoms with van der Waals surface area (Å²) in [6, 6.07) is 0. The third-order valence-corrected chi connectivity index (χ3v) is 2.65. The SMILES string of the molecule is CC(CCCNC(=O)C(C)(C)CN)C(=O)O. The number of hydrogen-bond acceptors (Lipinski definition) is 3. The molecule has 0 aromatic carbocycles. The molecule has 0 aliphatic heterocycles. The molecule has 0 fully saturated rings. The molecule has 0 aliphatic carbocycles. The van der Waals surface area contributed by atoms with Crippen LogP contribution in [-0.2, 0) is 9.59 Å². The van der Waals surface area contributed by atoms with Crippen molar-refractivity contribution in [1.82, 2.24) is 5.32 Å². The van der Waals surface area contributed by atoms with E-state index < -0.39 is 11.4 Å². The minimum absolute atomic E-state index is 0.0852. The summed E-state index contributed by atoms with van der Waals surface area (Å²) >= 11 is 0. The minimum Gasteiger partial charge on any atom is -0.481 e. The second-order valence-electron chi connectivity index (χ2n) is 4.73. The van der Waals surface area contributed by atoms with E-state index in [4.69, 9.17) is 10.8 Å². The van der Waals surface area contributed by atoms with Gasteiger partial charge in [-0.15, -0.1) is 0 Å². The molecule has 1 atom stereocenters. The number of aliphatic carboxylic acids is 1. The topological polar surface area (TPSA) is 92.4 Å². The van der Waals surface area contributed by atoms with Gasteiger partial charge in [0.15, 0.2) is 0 Å². The smallest absolute Gasteiger partial charge is 0.306 e. The van der Waals surface area contributed by atoms with Crippen molar-refractivity contribution in [3.05, 3.63) is 0 Å². The number of carboxylic acids is 1. The molecule has 5 nitrogen and oxygen atoms in total. The van der Waals surface area contributed by atoms with Crippen molar-refractivity contribution >= 4 is 11.9 Å². The first-order valence-electron chi connectivity index (χ1n) is 5.52. The van der Waals surface area contributed by atoms with Crippen LogP contribution in [-0.4, -0.2) is 30.1 Å². The molecule has 0 aromatic rings. The fourth-order valence-corrected chi connectivity index (χ4v) is 1.07. The van der Waals surface area contributed by atoms with Gasteiger partial charge in [0.2, 0.25) is 5.91 Å². The van der Waals surface area contributed by atoms with Gasteiger partial charge in [-0.25, -0.2) is 0 Å². The van der Waals surface area contributed by atoms with Crippen molar-refractivity contribution in [3.8, 4) is 0 Å². The zero-order valence-electron chi connectivity index (χ0n) is 10.2. The molecule has 16 heavy (non-hydrogen) atoms. The molecule has 1 unspecified atom stereocenters. The number of carbonyl (C=O) groups excluding carboxylic acids is 1. The summed E-state index contributed by atoms with van der Waals surface area (Å²) in [4.78, 5) is 22.1. The Morgan fingerprint density at radius 1 is 1.44 bits per heavy atom. The second kappa shape index (κ2) is 6.48. The maximum absolute atomic E-state index is 11.6. The van der Waals surface area contributed by atoms with E-state index >= 15 is 0 Å². The van der Waals surface area contributed by atoms with Crippen LogP contribution in [0.15, 0.2) is 0 Å². The molecule has 0 heterocycles. The van der Waals surface area contributed by atoms with Crippen molar-refractivity contribution in [1.29, 1.82) is 0 Å². The zero-order valence-corrected chi connectivity index (χ0v) is 10.2. The third kappa shape index (κ3) is 5.11. The van der Waals surface area contributed by atoms with E-state index in [0.717, 1.165) is 0 Å². The van der Waals surface area contributed by atoms with E-state index in [0.29, 0.717) is 25.9 Å². The van der Waals surface area contributed by atoms with E-state index in [1.54, 1.807) is 20.8 Å². The lowest BCUT2D eigenvalue weighted by molar-refractivity contribution is -0.141. The highest BCUT2D eigenvalue weighted by molar-refractivity contribution is 5.81. The number of nitrogens with two attached hydrogens (primary N) is 1. The van der Waals surface area contributed by atoms with Crippen LogP contribution >= 0.6 is 0 Å². The molecular formula is C11H22N2O3. The quantitative estimate of drug-likeness (QED) is 0.558. The largest absolute Gasteiger partial charge is 0.481 e. The minimum atomic E-state index is -0.798. The lowest BCUT2D eigenvalue weighted by Crippen LogP contribution is -2.42. The predicted octanol–water partition coefficient (Wildman–Crippen LogP) is 0.588. The molecule has 0 aromatic heterocycles. The van der Waals surface area contributed by atoms with Crippen molar-refractivity contribution in [2.45, 2.75) is 33.6 Å². The molecule has 4 N–H and O–H groups in total. The first kappa shape index (κ1) is 14.9. The van der Waals surface area contributed by atoms with Crippen LogP contribution in [0.3, 0.4) is 0 Å². The van der Waals surface area contributed by atoms with Gasteiger partial charge < -0.3 is 16.2 Å². The van der Waals surface area contributed by atoms with E-state index in [-0.39, 0.29) is 11.8 Å². The Morgan fingerprint density at radius 2 is 2.00 bits per heavy atom. The van der Waals surface area contributed by atoms with Gasteiger partial charge in [-0.2, -0.15) is 0 Å². The van der Waals surface area contributed by atoms with E-state index in [1.165, 1.54) is 0 Å². The highest BCUT2D eigenvalue weighted by Gasteiger charge is 2.25. The average molecular weight is 230 g/mol. The van der Waals surface area contributed by atoms with Crippen LogP contribution in [0.2, 0.25) is 0 Å². The van der Waals surface area contributed by atoms with Gasteiger partial charge >= 0.3 is 5.97 Å². The number of carbonyl (C=O) groups is 2. The highest BCUT2D eigenvalue weighted by atomic mass is 16.4. The molecule has 0 aliphatic rings. The van der Waals surface area contributed by atoms with Gasteiger partial charge in [-0.1, -0.05) is 6.92 Å². The normalized spacial score (nSPS) is 13.2. The number of hydrogen-bond donors (Lipinski definition) is 3. The first-order chi connectivity index (χ1) is 7.31. The molecule has 0 rings (SSSR count).